The van der Waals surface area contributed by atoms with Gasteiger partial charge in [-0.25, -0.2) is 0 Å². The minimum absolute atomic E-state index is 0.0384. The number of benzene rings is 2. The lowest BCUT2D eigenvalue weighted by atomic mass is 9.87. The lowest BCUT2D eigenvalue weighted by molar-refractivity contribution is 0.293. The number of nitrogens with zero attached hydrogens (tertiary/aromatic N) is 1. The summed E-state index contributed by atoms with van der Waals surface area (Å²) in [5.41, 5.74) is 3.63. The van der Waals surface area contributed by atoms with Crippen molar-refractivity contribution in [2.45, 2.75) is 31.6 Å². The highest BCUT2D eigenvalue weighted by Gasteiger charge is 2.24. The second-order valence-corrected chi connectivity index (χ2v) is 7.01. The molecule has 0 fully saturated rings. The Bertz CT molecular complexity index is 641. The summed E-state index contributed by atoms with van der Waals surface area (Å²) in [7, 11) is 0. The van der Waals surface area contributed by atoms with E-state index in [-0.39, 0.29) is 10.9 Å². The van der Waals surface area contributed by atoms with E-state index in [1.54, 1.807) is 0 Å². The molecule has 0 spiro atoms. The fourth-order valence-electron chi connectivity index (χ4n) is 2.21. The normalized spacial score (nSPS) is 18.2. The molecule has 0 aliphatic carbocycles. The standard InChI is InChI=1S/C18H19NOS/c1-18(2,3)15-11-9-13(10-12-15)16-19-21-17(20-16)14-7-5-4-6-8-14/h4-12,17H,1-3H3. The highest BCUT2D eigenvalue weighted by atomic mass is 32.2. The van der Waals surface area contributed by atoms with E-state index in [1.165, 1.54) is 17.5 Å². The van der Waals surface area contributed by atoms with E-state index >= 15 is 0 Å². The molecule has 3 heteroatoms. The van der Waals surface area contributed by atoms with Crippen molar-refractivity contribution in [2.24, 2.45) is 4.40 Å². The van der Waals surface area contributed by atoms with Crippen LogP contribution in [0.5, 0.6) is 0 Å². The van der Waals surface area contributed by atoms with Gasteiger partial charge < -0.3 is 4.74 Å². The van der Waals surface area contributed by atoms with Crippen LogP contribution in [0.3, 0.4) is 0 Å². The van der Waals surface area contributed by atoms with Crippen LogP contribution in [-0.2, 0) is 10.2 Å². The van der Waals surface area contributed by atoms with Gasteiger partial charge in [-0.1, -0.05) is 63.2 Å². The minimum atomic E-state index is -0.0384. The summed E-state index contributed by atoms with van der Waals surface area (Å²) in [5.74, 6) is 0.717. The molecule has 21 heavy (non-hydrogen) atoms. The first-order chi connectivity index (χ1) is 10.0. The molecular weight excluding hydrogens is 278 g/mol. The Hall–Kier alpha value is -1.74. The molecule has 2 aromatic rings. The van der Waals surface area contributed by atoms with Gasteiger partial charge in [0.25, 0.3) is 0 Å². The molecule has 1 aliphatic rings. The minimum Gasteiger partial charge on any atom is -0.456 e. The predicted molar refractivity (Wildman–Crippen MR) is 89.5 cm³/mol. The Labute approximate surface area is 130 Å². The summed E-state index contributed by atoms with van der Waals surface area (Å²) in [4.78, 5) is 0. The molecule has 0 aromatic heterocycles. The molecule has 108 valence electrons. The average Bonchev–Trinajstić information content (AvgIpc) is 2.97. The zero-order valence-electron chi connectivity index (χ0n) is 12.5. The molecule has 1 unspecified atom stereocenters. The average molecular weight is 297 g/mol. The Morgan fingerprint density at radius 2 is 1.62 bits per heavy atom. The first kappa shape index (κ1) is 14.2. The highest BCUT2D eigenvalue weighted by molar-refractivity contribution is 7.98. The maximum absolute atomic E-state index is 5.97. The van der Waals surface area contributed by atoms with Crippen LogP contribution < -0.4 is 0 Å². The van der Waals surface area contributed by atoms with Gasteiger partial charge in [-0.3, -0.25) is 0 Å². The third kappa shape index (κ3) is 3.13. The summed E-state index contributed by atoms with van der Waals surface area (Å²) in [6, 6.07) is 18.7. The van der Waals surface area contributed by atoms with Gasteiger partial charge in [-0.2, -0.15) is 4.40 Å². The second-order valence-electron chi connectivity index (χ2n) is 6.19. The van der Waals surface area contributed by atoms with Crippen molar-refractivity contribution in [3.63, 3.8) is 0 Å². The molecule has 0 saturated heterocycles. The van der Waals surface area contributed by atoms with E-state index < -0.39 is 0 Å². The van der Waals surface area contributed by atoms with E-state index in [4.69, 9.17) is 4.74 Å². The zero-order chi connectivity index (χ0) is 14.9. The third-order valence-corrected chi connectivity index (χ3v) is 4.35. The monoisotopic (exact) mass is 297 g/mol. The van der Waals surface area contributed by atoms with Crippen LogP contribution in [0.4, 0.5) is 0 Å². The summed E-state index contributed by atoms with van der Waals surface area (Å²) in [6.45, 7) is 6.65. The van der Waals surface area contributed by atoms with Crippen LogP contribution in [-0.4, -0.2) is 5.90 Å². The third-order valence-electron chi connectivity index (χ3n) is 3.52. The number of hydrogen-bond acceptors (Lipinski definition) is 3. The van der Waals surface area contributed by atoms with Gasteiger partial charge in [0.15, 0.2) is 5.44 Å². The SMILES string of the molecule is CC(C)(C)c1ccc(C2=NSC(c3ccccc3)O2)cc1. The van der Waals surface area contributed by atoms with Crippen molar-refractivity contribution in [1.82, 2.24) is 0 Å². The zero-order valence-corrected chi connectivity index (χ0v) is 13.4. The number of ether oxygens (including phenoxy) is 1. The predicted octanol–water partition coefficient (Wildman–Crippen LogP) is 5.11. The maximum Gasteiger partial charge on any atom is 0.229 e. The van der Waals surface area contributed by atoms with Crippen molar-refractivity contribution in [3.8, 4) is 0 Å². The van der Waals surface area contributed by atoms with E-state index in [9.17, 15) is 0 Å². The summed E-state index contributed by atoms with van der Waals surface area (Å²) >= 11 is 1.47. The Balaban J connectivity index is 1.74. The van der Waals surface area contributed by atoms with Crippen LogP contribution >= 0.6 is 11.9 Å². The second kappa shape index (κ2) is 5.57. The van der Waals surface area contributed by atoms with E-state index in [2.05, 4.69) is 61.6 Å². The van der Waals surface area contributed by atoms with Crippen LogP contribution in [0.15, 0.2) is 59.0 Å². The van der Waals surface area contributed by atoms with Crippen molar-refractivity contribution < 1.29 is 4.74 Å². The molecule has 1 heterocycles. The van der Waals surface area contributed by atoms with Gasteiger partial charge >= 0.3 is 0 Å². The van der Waals surface area contributed by atoms with Gasteiger partial charge in [0.2, 0.25) is 5.90 Å². The van der Waals surface area contributed by atoms with Gasteiger partial charge in [-0.05, 0) is 23.1 Å². The Morgan fingerprint density at radius 3 is 2.24 bits per heavy atom. The molecule has 0 bridgehead atoms. The molecule has 1 atom stereocenters. The lowest BCUT2D eigenvalue weighted by Gasteiger charge is -2.19. The molecule has 2 aromatic carbocycles. The van der Waals surface area contributed by atoms with Gasteiger partial charge in [0.1, 0.15) is 0 Å². The summed E-state index contributed by atoms with van der Waals surface area (Å²) in [6.07, 6.45) is 0. The topological polar surface area (TPSA) is 21.6 Å². The quantitative estimate of drug-likeness (QED) is 0.719. The first-order valence-corrected chi connectivity index (χ1v) is 7.94. The largest absolute Gasteiger partial charge is 0.456 e. The van der Waals surface area contributed by atoms with E-state index in [0.29, 0.717) is 5.90 Å². The van der Waals surface area contributed by atoms with Crippen molar-refractivity contribution >= 4 is 17.8 Å². The molecule has 2 nitrogen and oxygen atoms in total. The Kier molecular flexibility index (Phi) is 3.77. The molecule has 0 radical (unpaired) electrons. The lowest BCUT2D eigenvalue weighted by Crippen LogP contribution is -2.11. The molecular formula is C18H19NOS. The number of rotatable bonds is 2. The van der Waals surface area contributed by atoms with Crippen molar-refractivity contribution in [1.29, 1.82) is 0 Å². The van der Waals surface area contributed by atoms with Crippen LogP contribution in [0.25, 0.3) is 0 Å². The first-order valence-electron chi connectivity index (χ1n) is 7.10. The highest BCUT2D eigenvalue weighted by Crippen LogP contribution is 2.37. The van der Waals surface area contributed by atoms with Crippen LogP contribution in [0.2, 0.25) is 0 Å². The smallest absolute Gasteiger partial charge is 0.229 e. The van der Waals surface area contributed by atoms with Gasteiger partial charge in [0, 0.05) is 23.1 Å². The summed E-state index contributed by atoms with van der Waals surface area (Å²) in [5, 5.41) is 0. The maximum atomic E-state index is 5.97. The summed E-state index contributed by atoms with van der Waals surface area (Å²) < 4.78 is 10.4. The van der Waals surface area contributed by atoms with Crippen LogP contribution in [0.1, 0.15) is 42.9 Å². The molecule has 3 rings (SSSR count). The fraction of sp³-hybridized carbons (Fsp3) is 0.278. The number of hydrogen-bond donors (Lipinski definition) is 0. The van der Waals surface area contributed by atoms with Crippen molar-refractivity contribution in [2.75, 3.05) is 0 Å². The fourth-order valence-corrected chi connectivity index (χ4v) is 2.97. The van der Waals surface area contributed by atoms with E-state index in [1.807, 2.05) is 18.2 Å². The van der Waals surface area contributed by atoms with Gasteiger partial charge in [0.05, 0.1) is 0 Å². The molecule has 0 N–H and O–H groups in total. The Morgan fingerprint density at radius 1 is 0.952 bits per heavy atom. The van der Waals surface area contributed by atoms with E-state index in [0.717, 1.165) is 11.1 Å². The molecule has 0 amide bonds. The van der Waals surface area contributed by atoms with Crippen LogP contribution in [0, 0.1) is 0 Å². The molecule has 0 saturated carbocycles. The van der Waals surface area contributed by atoms with Crippen molar-refractivity contribution in [3.05, 3.63) is 71.3 Å². The molecule has 1 aliphatic heterocycles. The van der Waals surface area contributed by atoms with Gasteiger partial charge in [-0.15, -0.1) is 0 Å².